The van der Waals surface area contributed by atoms with Crippen LogP contribution < -0.4 is 5.32 Å². The molecule has 1 aliphatic rings. The lowest BCUT2D eigenvalue weighted by Crippen LogP contribution is -2.16. The first-order valence-corrected chi connectivity index (χ1v) is 5.51. The smallest absolute Gasteiger partial charge is 0.0451 e. The zero-order valence-corrected chi connectivity index (χ0v) is 9.46. The molecule has 1 atom stereocenters. The Hall–Kier alpha value is -1.21. The normalized spacial score (nSPS) is 16.3. The summed E-state index contributed by atoms with van der Waals surface area (Å²) in [7, 11) is 0. The average Bonchev–Trinajstić information content (AvgIpc) is 2.70. The molecule has 0 amide bonds. The molecule has 2 rings (SSSR count). The number of halogens is 1. The second-order valence-corrected chi connectivity index (χ2v) is 4.19. The first-order chi connectivity index (χ1) is 7.25. The van der Waals surface area contributed by atoms with E-state index < -0.39 is 0 Å². The lowest BCUT2D eigenvalue weighted by Gasteiger charge is -2.16. The Morgan fingerprint density at radius 2 is 2.27 bits per heavy atom. The predicted molar refractivity (Wildman–Crippen MR) is 66.4 cm³/mol. The molecule has 0 aliphatic heterocycles. The summed E-state index contributed by atoms with van der Waals surface area (Å²) in [6.07, 6.45) is 7.49. The van der Waals surface area contributed by atoms with Crippen LogP contribution in [0.3, 0.4) is 0 Å². The van der Waals surface area contributed by atoms with Crippen LogP contribution in [-0.2, 0) is 0 Å². The van der Waals surface area contributed by atoms with Crippen LogP contribution >= 0.6 is 11.6 Å². The molecule has 2 heteroatoms. The van der Waals surface area contributed by atoms with Crippen molar-refractivity contribution >= 4 is 17.3 Å². The molecular formula is C13H14ClN. The van der Waals surface area contributed by atoms with E-state index in [0.717, 1.165) is 17.1 Å². The lowest BCUT2D eigenvalue weighted by molar-refractivity contribution is 0.899. The van der Waals surface area contributed by atoms with Gasteiger partial charge in [0.25, 0.3) is 0 Å². The molecule has 0 aromatic heterocycles. The van der Waals surface area contributed by atoms with E-state index in [1.54, 1.807) is 0 Å². The first-order valence-electron chi connectivity index (χ1n) is 5.13. The third kappa shape index (κ3) is 2.63. The minimum Gasteiger partial charge on any atom is -0.379 e. The van der Waals surface area contributed by atoms with Crippen LogP contribution in [0.5, 0.6) is 0 Å². The number of hydrogen-bond acceptors (Lipinski definition) is 1. The van der Waals surface area contributed by atoms with E-state index in [2.05, 4.69) is 30.5 Å². The summed E-state index contributed by atoms with van der Waals surface area (Å²) < 4.78 is 0. The van der Waals surface area contributed by atoms with Crippen LogP contribution in [0.2, 0.25) is 5.02 Å². The molecule has 0 saturated heterocycles. The molecule has 1 unspecified atom stereocenters. The second-order valence-electron chi connectivity index (χ2n) is 3.75. The van der Waals surface area contributed by atoms with Gasteiger partial charge in [-0.25, -0.2) is 0 Å². The standard InChI is InChI=1S/C13H14ClN/c1-10(11-5-2-3-6-11)15-13-8-4-7-12(14)9-13/h2-5,7-10,15H,6H2,1H3. The van der Waals surface area contributed by atoms with Gasteiger partial charge < -0.3 is 5.32 Å². The molecule has 1 N–H and O–H groups in total. The highest BCUT2D eigenvalue weighted by Gasteiger charge is 2.09. The zero-order chi connectivity index (χ0) is 10.7. The van der Waals surface area contributed by atoms with Gasteiger partial charge in [0.15, 0.2) is 0 Å². The van der Waals surface area contributed by atoms with Crippen LogP contribution in [0.25, 0.3) is 0 Å². The highest BCUT2D eigenvalue weighted by Crippen LogP contribution is 2.20. The van der Waals surface area contributed by atoms with Crippen LogP contribution in [0.1, 0.15) is 13.3 Å². The highest BCUT2D eigenvalue weighted by molar-refractivity contribution is 6.30. The largest absolute Gasteiger partial charge is 0.379 e. The van der Waals surface area contributed by atoms with Gasteiger partial charge in [0.1, 0.15) is 0 Å². The monoisotopic (exact) mass is 219 g/mol. The van der Waals surface area contributed by atoms with E-state index in [4.69, 9.17) is 11.6 Å². The van der Waals surface area contributed by atoms with Gasteiger partial charge in [-0.15, -0.1) is 0 Å². The summed E-state index contributed by atoms with van der Waals surface area (Å²) in [5.41, 5.74) is 2.48. The van der Waals surface area contributed by atoms with E-state index in [1.165, 1.54) is 5.57 Å². The molecule has 0 heterocycles. The van der Waals surface area contributed by atoms with Gasteiger partial charge in [0.05, 0.1) is 0 Å². The van der Waals surface area contributed by atoms with Gasteiger partial charge in [-0.3, -0.25) is 0 Å². The number of hydrogen-bond donors (Lipinski definition) is 1. The number of benzene rings is 1. The maximum absolute atomic E-state index is 5.92. The Labute approximate surface area is 95.5 Å². The summed E-state index contributed by atoms with van der Waals surface area (Å²) in [4.78, 5) is 0. The van der Waals surface area contributed by atoms with E-state index in [1.807, 2.05) is 24.3 Å². The summed E-state index contributed by atoms with van der Waals surface area (Å²) in [6, 6.07) is 8.18. The molecule has 1 aromatic carbocycles. The SMILES string of the molecule is CC(Nc1cccc(Cl)c1)C1=CC=CC1. The van der Waals surface area contributed by atoms with Crippen molar-refractivity contribution in [1.82, 2.24) is 0 Å². The van der Waals surface area contributed by atoms with Crippen molar-refractivity contribution in [1.29, 1.82) is 0 Å². The van der Waals surface area contributed by atoms with Crippen molar-refractivity contribution in [2.75, 3.05) is 5.32 Å². The Balaban J connectivity index is 2.02. The third-order valence-electron chi connectivity index (χ3n) is 2.56. The van der Waals surface area contributed by atoms with Crippen molar-refractivity contribution in [2.24, 2.45) is 0 Å². The molecule has 0 bridgehead atoms. The molecule has 0 fully saturated rings. The molecule has 78 valence electrons. The maximum Gasteiger partial charge on any atom is 0.0451 e. The third-order valence-corrected chi connectivity index (χ3v) is 2.80. The molecule has 0 spiro atoms. The quantitative estimate of drug-likeness (QED) is 0.810. The highest BCUT2D eigenvalue weighted by atomic mass is 35.5. The molecule has 15 heavy (non-hydrogen) atoms. The average molecular weight is 220 g/mol. The summed E-state index contributed by atoms with van der Waals surface area (Å²) in [5.74, 6) is 0. The fourth-order valence-corrected chi connectivity index (χ4v) is 1.90. The fourth-order valence-electron chi connectivity index (χ4n) is 1.71. The van der Waals surface area contributed by atoms with Gasteiger partial charge in [-0.1, -0.05) is 35.9 Å². The van der Waals surface area contributed by atoms with Gasteiger partial charge in [0, 0.05) is 16.8 Å². The minimum atomic E-state index is 0.360. The molecule has 1 aromatic rings. The molecule has 1 aliphatic carbocycles. The molecule has 0 saturated carbocycles. The van der Waals surface area contributed by atoms with Crippen molar-refractivity contribution in [3.05, 3.63) is 53.1 Å². The van der Waals surface area contributed by atoms with E-state index >= 15 is 0 Å². The number of nitrogens with one attached hydrogen (secondary N) is 1. The maximum atomic E-state index is 5.92. The van der Waals surface area contributed by atoms with Crippen molar-refractivity contribution in [3.63, 3.8) is 0 Å². The zero-order valence-electron chi connectivity index (χ0n) is 8.70. The van der Waals surface area contributed by atoms with E-state index in [-0.39, 0.29) is 0 Å². The summed E-state index contributed by atoms with van der Waals surface area (Å²) in [6.45, 7) is 2.17. The number of anilines is 1. The Bertz CT molecular complexity index is 407. The molecule has 1 nitrogen and oxygen atoms in total. The van der Waals surface area contributed by atoms with Gasteiger partial charge >= 0.3 is 0 Å². The van der Waals surface area contributed by atoms with Crippen LogP contribution in [0.4, 0.5) is 5.69 Å². The molecule has 0 radical (unpaired) electrons. The first kappa shape index (κ1) is 10.3. The van der Waals surface area contributed by atoms with Crippen molar-refractivity contribution < 1.29 is 0 Å². The Morgan fingerprint density at radius 3 is 2.93 bits per heavy atom. The van der Waals surface area contributed by atoms with Crippen molar-refractivity contribution in [3.8, 4) is 0 Å². The van der Waals surface area contributed by atoms with Crippen LogP contribution in [0, 0.1) is 0 Å². The van der Waals surface area contributed by atoms with Gasteiger partial charge in [-0.2, -0.15) is 0 Å². The van der Waals surface area contributed by atoms with Gasteiger partial charge in [-0.05, 0) is 37.1 Å². The minimum absolute atomic E-state index is 0.360. The predicted octanol–water partition coefficient (Wildman–Crippen LogP) is 4.03. The number of allylic oxidation sites excluding steroid dienone is 3. The topological polar surface area (TPSA) is 12.0 Å². The van der Waals surface area contributed by atoms with E-state index in [9.17, 15) is 0 Å². The lowest BCUT2D eigenvalue weighted by atomic mass is 10.1. The Kier molecular flexibility index (Phi) is 3.12. The molecular weight excluding hydrogens is 206 g/mol. The Morgan fingerprint density at radius 1 is 1.40 bits per heavy atom. The fraction of sp³-hybridized carbons (Fsp3) is 0.231. The summed E-state index contributed by atoms with van der Waals surface area (Å²) in [5, 5.41) is 4.20. The second kappa shape index (κ2) is 4.54. The van der Waals surface area contributed by atoms with Crippen LogP contribution in [0.15, 0.2) is 48.1 Å². The number of rotatable bonds is 3. The van der Waals surface area contributed by atoms with E-state index in [0.29, 0.717) is 6.04 Å². The summed E-state index contributed by atoms with van der Waals surface area (Å²) >= 11 is 5.92. The van der Waals surface area contributed by atoms with Gasteiger partial charge in [0.2, 0.25) is 0 Å². The van der Waals surface area contributed by atoms with Crippen LogP contribution in [-0.4, -0.2) is 6.04 Å². The van der Waals surface area contributed by atoms with Crippen molar-refractivity contribution in [2.45, 2.75) is 19.4 Å².